The van der Waals surface area contributed by atoms with Crippen LogP contribution in [0.2, 0.25) is 5.15 Å². The average Bonchev–Trinajstić information content (AvgIpc) is 2.27. The van der Waals surface area contributed by atoms with E-state index >= 15 is 0 Å². The zero-order valence-corrected chi connectivity index (χ0v) is 12.3. The summed E-state index contributed by atoms with van der Waals surface area (Å²) in [4.78, 5) is 8.76. The number of nitrogens with two attached hydrogens (primary N) is 1. The molecule has 0 fully saturated rings. The van der Waals surface area contributed by atoms with E-state index in [0.29, 0.717) is 15.1 Å². The molecule has 1 aromatic heterocycles. The van der Waals surface area contributed by atoms with Crippen LogP contribution >= 0.6 is 46.6 Å². The zero-order chi connectivity index (χ0) is 13.0. The van der Waals surface area contributed by atoms with E-state index in [9.17, 15) is 0 Å². The van der Waals surface area contributed by atoms with Crippen LogP contribution in [0.1, 0.15) is 13.8 Å². The molecule has 0 aliphatic heterocycles. The first-order chi connectivity index (χ1) is 7.95. The van der Waals surface area contributed by atoms with Crippen LogP contribution in [0.5, 0.6) is 0 Å². The summed E-state index contributed by atoms with van der Waals surface area (Å²) in [5.41, 5.74) is 5.70. The van der Waals surface area contributed by atoms with Gasteiger partial charge < -0.3 is 5.73 Å². The van der Waals surface area contributed by atoms with Gasteiger partial charge in [0.15, 0.2) is 5.82 Å². The highest BCUT2D eigenvalue weighted by molar-refractivity contribution is 8.03. The van der Waals surface area contributed by atoms with Gasteiger partial charge >= 0.3 is 0 Å². The van der Waals surface area contributed by atoms with Crippen molar-refractivity contribution in [3.05, 3.63) is 32.4 Å². The summed E-state index contributed by atoms with van der Waals surface area (Å²) in [7, 11) is 0. The van der Waals surface area contributed by atoms with E-state index < -0.39 is 0 Å². The molecule has 0 unspecified atom stereocenters. The largest absolute Gasteiger partial charge is 0.381 e. The fraction of sp³-hybridized carbons (Fsp3) is 0.200. The Morgan fingerprint density at radius 2 is 2.12 bits per heavy atom. The number of rotatable bonds is 3. The van der Waals surface area contributed by atoms with Crippen molar-refractivity contribution < 1.29 is 0 Å². The van der Waals surface area contributed by atoms with Gasteiger partial charge in [0.1, 0.15) is 10.2 Å². The molecule has 0 aliphatic rings. The van der Waals surface area contributed by atoms with Crippen molar-refractivity contribution in [1.82, 2.24) is 9.97 Å². The topological polar surface area (TPSA) is 51.8 Å². The van der Waals surface area contributed by atoms with E-state index in [1.54, 1.807) is 6.92 Å². The first kappa shape index (κ1) is 14.6. The van der Waals surface area contributed by atoms with Gasteiger partial charge in [-0.2, -0.15) is 0 Å². The molecule has 0 atom stereocenters. The number of nitrogens with zero attached hydrogens (tertiary/aromatic N) is 2. The van der Waals surface area contributed by atoms with Crippen molar-refractivity contribution in [3.8, 4) is 0 Å². The Morgan fingerprint density at radius 3 is 2.59 bits per heavy atom. The fourth-order valence-electron chi connectivity index (χ4n) is 0.953. The van der Waals surface area contributed by atoms with Gasteiger partial charge in [-0.05, 0) is 13.8 Å². The van der Waals surface area contributed by atoms with E-state index in [0.717, 1.165) is 4.91 Å². The van der Waals surface area contributed by atoms with Gasteiger partial charge in [0.2, 0.25) is 0 Å². The number of aromatic nitrogens is 2. The molecule has 0 saturated carbocycles. The molecule has 2 N–H and O–H groups in total. The van der Waals surface area contributed by atoms with Crippen LogP contribution in [-0.2, 0) is 0 Å². The van der Waals surface area contributed by atoms with E-state index in [1.807, 2.05) is 13.0 Å². The molecular formula is C10H10Cl3N3S. The Balaban J connectivity index is 3.01. The number of thioether (sulfide) groups is 1. The first-order valence-corrected chi connectivity index (χ1v) is 6.55. The summed E-state index contributed by atoms with van der Waals surface area (Å²) >= 11 is 18.9. The lowest BCUT2D eigenvalue weighted by Crippen LogP contribution is -1.96. The standard InChI is InChI=1S/C10H10Cl3N3S/c1-3-6(8(13)5(2)11)17-10-9(14)16-7(12)4-15-10/h3-4H,1-2H3,(H2,14,16). The molecule has 1 heterocycles. The Bertz CT molecular complexity index is 482. The van der Waals surface area contributed by atoms with Crippen LogP contribution in [-0.4, -0.2) is 9.97 Å². The fourth-order valence-corrected chi connectivity index (χ4v) is 2.30. The lowest BCUT2D eigenvalue weighted by Gasteiger charge is -2.07. The molecule has 0 radical (unpaired) electrons. The van der Waals surface area contributed by atoms with Crippen LogP contribution in [0.25, 0.3) is 0 Å². The molecule has 0 aromatic carbocycles. The normalized spacial score (nSPS) is 13.6. The van der Waals surface area contributed by atoms with Gasteiger partial charge in [-0.1, -0.05) is 52.6 Å². The molecule has 92 valence electrons. The molecule has 0 amide bonds. The van der Waals surface area contributed by atoms with Gasteiger partial charge in [-0.3, -0.25) is 0 Å². The minimum Gasteiger partial charge on any atom is -0.381 e. The van der Waals surface area contributed by atoms with Crippen LogP contribution in [0.15, 0.2) is 32.3 Å². The maximum absolute atomic E-state index is 6.06. The van der Waals surface area contributed by atoms with Crippen LogP contribution in [0.4, 0.5) is 5.82 Å². The average molecular weight is 311 g/mol. The number of nitrogen functional groups attached to an aromatic ring is 1. The van der Waals surface area contributed by atoms with Crippen LogP contribution < -0.4 is 5.73 Å². The van der Waals surface area contributed by atoms with Crippen molar-refractivity contribution in [2.75, 3.05) is 5.73 Å². The minimum absolute atomic E-state index is 0.254. The molecule has 3 nitrogen and oxygen atoms in total. The van der Waals surface area contributed by atoms with Crippen molar-refractivity contribution in [2.45, 2.75) is 18.9 Å². The second kappa shape index (κ2) is 6.50. The Morgan fingerprint density at radius 1 is 1.47 bits per heavy atom. The Hall–Kier alpha value is -0.420. The summed E-state index contributed by atoms with van der Waals surface area (Å²) in [6.45, 7) is 3.56. The van der Waals surface area contributed by atoms with Gasteiger partial charge in [-0.25, -0.2) is 9.97 Å². The predicted molar refractivity (Wildman–Crippen MR) is 75.5 cm³/mol. The maximum atomic E-state index is 6.06. The summed E-state index contributed by atoms with van der Waals surface area (Å²) in [5, 5.41) is 1.77. The minimum atomic E-state index is 0.254. The molecule has 0 bridgehead atoms. The van der Waals surface area contributed by atoms with Crippen molar-refractivity contribution in [1.29, 1.82) is 0 Å². The third-order valence-corrected chi connectivity index (χ3v) is 3.96. The quantitative estimate of drug-likeness (QED) is 0.663. The van der Waals surface area contributed by atoms with E-state index in [2.05, 4.69) is 9.97 Å². The molecule has 7 heteroatoms. The summed E-state index contributed by atoms with van der Waals surface area (Å²) in [6.07, 6.45) is 3.26. The van der Waals surface area contributed by atoms with Gasteiger partial charge in [0.25, 0.3) is 0 Å². The third-order valence-electron chi connectivity index (χ3n) is 1.72. The Labute approximate surface area is 119 Å². The van der Waals surface area contributed by atoms with Gasteiger partial charge in [-0.15, -0.1) is 0 Å². The second-order valence-corrected chi connectivity index (χ2v) is 5.35. The highest BCUT2D eigenvalue weighted by Crippen LogP contribution is 2.36. The number of anilines is 1. The van der Waals surface area contributed by atoms with Gasteiger partial charge in [0, 0.05) is 9.94 Å². The summed E-state index contributed by atoms with van der Waals surface area (Å²) in [6, 6.07) is 0. The number of hydrogen-bond acceptors (Lipinski definition) is 4. The SMILES string of the molecule is CC=C(Sc1ncc(Cl)nc1N)C(Cl)=C(C)Cl. The molecule has 0 spiro atoms. The lowest BCUT2D eigenvalue weighted by molar-refractivity contribution is 1.07. The smallest absolute Gasteiger partial charge is 0.158 e. The highest BCUT2D eigenvalue weighted by Gasteiger charge is 2.11. The van der Waals surface area contributed by atoms with E-state index in [1.165, 1.54) is 18.0 Å². The predicted octanol–water partition coefficient (Wildman–Crippen LogP) is 4.42. The van der Waals surface area contributed by atoms with E-state index in [4.69, 9.17) is 40.5 Å². The molecule has 1 rings (SSSR count). The second-order valence-electron chi connectivity index (χ2n) is 2.99. The Kier molecular flexibility index (Phi) is 5.59. The van der Waals surface area contributed by atoms with Crippen LogP contribution in [0.3, 0.4) is 0 Å². The number of halogens is 3. The summed E-state index contributed by atoms with van der Waals surface area (Å²) in [5.74, 6) is 0.263. The first-order valence-electron chi connectivity index (χ1n) is 4.60. The number of hydrogen-bond donors (Lipinski definition) is 1. The van der Waals surface area contributed by atoms with Crippen molar-refractivity contribution >= 4 is 52.4 Å². The van der Waals surface area contributed by atoms with Crippen LogP contribution in [0, 0.1) is 0 Å². The number of allylic oxidation sites excluding steroid dienone is 3. The zero-order valence-electron chi connectivity index (χ0n) is 9.17. The maximum Gasteiger partial charge on any atom is 0.158 e. The molecule has 0 saturated heterocycles. The highest BCUT2D eigenvalue weighted by atomic mass is 35.5. The molecular weight excluding hydrogens is 301 g/mol. The van der Waals surface area contributed by atoms with Crippen molar-refractivity contribution in [3.63, 3.8) is 0 Å². The van der Waals surface area contributed by atoms with Crippen molar-refractivity contribution in [2.24, 2.45) is 0 Å². The van der Waals surface area contributed by atoms with E-state index in [-0.39, 0.29) is 11.0 Å². The van der Waals surface area contributed by atoms with Gasteiger partial charge in [0.05, 0.1) is 11.2 Å². The lowest BCUT2D eigenvalue weighted by atomic mass is 10.4. The molecule has 1 aromatic rings. The molecule has 0 aliphatic carbocycles. The third kappa shape index (κ3) is 4.07. The summed E-state index contributed by atoms with van der Waals surface area (Å²) < 4.78 is 0. The monoisotopic (exact) mass is 309 g/mol. The molecule has 17 heavy (non-hydrogen) atoms.